The molecule has 1 aliphatic heterocycles. The van der Waals surface area contributed by atoms with Gasteiger partial charge in [0.25, 0.3) is 0 Å². The van der Waals surface area contributed by atoms with Crippen LogP contribution in [-0.2, 0) is 0 Å². The van der Waals surface area contributed by atoms with Gasteiger partial charge in [-0.2, -0.15) is 0 Å². The average molecular weight is 437 g/mol. The molecule has 28 heavy (non-hydrogen) atoms. The highest BCUT2D eigenvalue weighted by molar-refractivity contribution is 9.10. The van der Waals surface area contributed by atoms with Crippen LogP contribution < -0.4 is 9.47 Å². The number of hydrogen-bond acceptors (Lipinski definition) is 3. The van der Waals surface area contributed by atoms with Gasteiger partial charge in [0.2, 0.25) is 0 Å². The van der Waals surface area contributed by atoms with E-state index in [9.17, 15) is 0 Å². The molecule has 0 bridgehead atoms. The predicted octanol–water partition coefficient (Wildman–Crippen LogP) is 6.56. The van der Waals surface area contributed by atoms with Crippen LogP contribution in [0.25, 0.3) is 5.57 Å². The van der Waals surface area contributed by atoms with Crippen LogP contribution in [0.5, 0.6) is 11.5 Å². The molecule has 1 aromatic heterocycles. The fourth-order valence-electron chi connectivity index (χ4n) is 4.27. The van der Waals surface area contributed by atoms with Gasteiger partial charge in [0.15, 0.2) is 0 Å². The highest BCUT2D eigenvalue weighted by Gasteiger charge is 2.35. The number of para-hydroxylation sites is 1. The van der Waals surface area contributed by atoms with Gasteiger partial charge in [0.05, 0.1) is 19.5 Å². The van der Waals surface area contributed by atoms with E-state index in [1.54, 1.807) is 6.26 Å². The molecule has 5 rings (SSSR count). The maximum Gasteiger partial charge on any atom is 0.129 e. The fourth-order valence-corrected chi connectivity index (χ4v) is 4.65. The van der Waals surface area contributed by atoms with E-state index in [1.807, 2.05) is 24.3 Å². The van der Waals surface area contributed by atoms with Crippen LogP contribution in [0, 0.1) is 0 Å². The zero-order valence-corrected chi connectivity index (χ0v) is 17.0. The summed E-state index contributed by atoms with van der Waals surface area (Å²) in [6, 6.07) is 18.7. The van der Waals surface area contributed by atoms with Crippen LogP contribution in [0.2, 0.25) is 0 Å². The SMILES string of the molecule is Brc1ccc2c(c1)[C@@H]1CC(c3ccco3)=C[C@@H]1c1ccccc1OCCCO2. The standard InChI is InChI=1S/C24H21BrO3/c25-17-8-9-24-21(15-17)20-14-16(22-7-3-10-26-22)13-19(20)18-5-1-2-6-23(18)27-11-4-12-28-24/h1-3,5-10,13,15,19-20H,4,11-12,14H2/t19-,20-/m1/s1. The van der Waals surface area contributed by atoms with E-state index in [2.05, 4.69) is 52.3 Å². The summed E-state index contributed by atoms with van der Waals surface area (Å²) in [5.41, 5.74) is 3.69. The van der Waals surface area contributed by atoms with Crippen molar-refractivity contribution >= 4 is 21.5 Å². The van der Waals surface area contributed by atoms with Gasteiger partial charge in [-0.3, -0.25) is 0 Å². The Morgan fingerprint density at radius 2 is 1.68 bits per heavy atom. The molecule has 3 nitrogen and oxygen atoms in total. The van der Waals surface area contributed by atoms with Crippen LogP contribution in [-0.4, -0.2) is 13.2 Å². The van der Waals surface area contributed by atoms with Gasteiger partial charge in [0, 0.05) is 28.3 Å². The Balaban J connectivity index is 1.67. The van der Waals surface area contributed by atoms with E-state index < -0.39 is 0 Å². The van der Waals surface area contributed by atoms with Gasteiger partial charge >= 0.3 is 0 Å². The van der Waals surface area contributed by atoms with E-state index in [0.29, 0.717) is 13.2 Å². The topological polar surface area (TPSA) is 31.6 Å². The third kappa shape index (κ3) is 3.26. The van der Waals surface area contributed by atoms with Crippen molar-refractivity contribution in [2.75, 3.05) is 13.2 Å². The molecule has 2 aromatic carbocycles. The molecule has 0 unspecified atom stereocenters. The maximum atomic E-state index is 6.16. The second-order valence-electron chi connectivity index (χ2n) is 7.28. The van der Waals surface area contributed by atoms with Gasteiger partial charge in [0.1, 0.15) is 17.3 Å². The van der Waals surface area contributed by atoms with E-state index in [4.69, 9.17) is 13.9 Å². The molecule has 2 aliphatic rings. The normalized spacial score (nSPS) is 21.2. The molecule has 0 fully saturated rings. The molecule has 0 spiro atoms. The third-order valence-corrected chi connectivity index (χ3v) is 6.04. The molecule has 2 atom stereocenters. The molecule has 0 amide bonds. The summed E-state index contributed by atoms with van der Waals surface area (Å²) in [6.45, 7) is 1.29. The van der Waals surface area contributed by atoms with Crippen LogP contribution in [0.15, 0.2) is 75.8 Å². The van der Waals surface area contributed by atoms with Crippen molar-refractivity contribution in [2.45, 2.75) is 24.7 Å². The summed E-state index contributed by atoms with van der Waals surface area (Å²) >= 11 is 3.65. The first kappa shape index (κ1) is 17.6. The van der Waals surface area contributed by atoms with Crippen molar-refractivity contribution in [3.05, 3.63) is 88.3 Å². The second kappa shape index (κ2) is 7.51. The molecule has 142 valence electrons. The Bertz CT molecular complexity index is 1010. The Hall–Kier alpha value is -2.46. The lowest BCUT2D eigenvalue weighted by atomic mass is 9.82. The molecule has 0 radical (unpaired) electrons. The van der Waals surface area contributed by atoms with Gasteiger partial charge < -0.3 is 13.9 Å². The van der Waals surface area contributed by atoms with Gasteiger partial charge in [-0.1, -0.05) is 40.2 Å². The van der Waals surface area contributed by atoms with E-state index in [1.165, 1.54) is 16.7 Å². The van der Waals surface area contributed by atoms with Gasteiger partial charge in [-0.25, -0.2) is 0 Å². The lowest BCUT2D eigenvalue weighted by Crippen LogP contribution is -2.08. The average Bonchev–Trinajstić information content (AvgIpc) is 3.38. The van der Waals surface area contributed by atoms with Crippen molar-refractivity contribution in [2.24, 2.45) is 0 Å². The zero-order valence-electron chi connectivity index (χ0n) is 15.4. The number of furan rings is 1. The van der Waals surface area contributed by atoms with Crippen molar-refractivity contribution in [3.8, 4) is 11.5 Å². The monoisotopic (exact) mass is 436 g/mol. The summed E-state index contributed by atoms with van der Waals surface area (Å²) in [5.74, 6) is 3.33. The highest BCUT2D eigenvalue weighted by atomic mass is 79.9. The third-order valence-electron chi connectivity index (χ3n) is 5.54. The molecule has 2 heterocycles. The molecule has 0 saturated carbocycles. The number of benzene rings is 2. The second-order valence-corrected chi connectivity index (χ2v) is 8.19. The van der Waals surface area contributed by atoms with Crippen molar-refractivity contribution < 1.29 is 13.9 Å². The minimum Gasteiger partial charge on any atom is -0.493 e. The fraction of sp³-hybridized carbons (Fsp3) is 0.250. The molecular weight excluding hydrogens is 416 g/mol. The largest absolute Gasteiger partial charge is 0.493 e. The minimum absolute atomic E-state index is 0.200. The first-order valence-electron chi connectivity index (χ1n) is 9.68. The Kier molecular flexibility index (Phi) is 4.73. The highest BCUT2D eigenvalue weighted by Crippen LogP contribution is 2.52. The summed E-state index contributed by atoms with van der Waals surface area (Å²) in [4.78, 5) is 0. The van der Waals surface area contributed by atoms with Crippen molar-refractivity contribution in [1.29, 1.82) is 0 Å². The summed E-state index contributed by atoms with van der Waals surface area (Å²) < 4.78 is 19.1. The van der Waals surface area contributed by atoms with Crippen LogP contribution in [0.1, 0.15) is 41.6 Å². The van der Waals surface area contributed by atoms with Gasteiger partial charge in [-0.15, -0.1) is 0 Å². The summed E-state index contributed by atoms with van der Waals surface area (Å²) in [5, 5.41) is 0. The van der Waals surface area contributed by atoms with E-state index in [0.717, 1.165) is 34.6 Å². The van der Waals surface area contributed by atoms with Crippen LogP contribution in [0.3, 0.4) is 0 Å². The molecule has 0 saturated heterocycles. The number of ether oxygens (including phenoxy) is 2. The first-order valence-corrected chi connectivity index (χ1v) is 10.5. The summed E-state index contributed by atoms with van der Waals surface area (Å²) in [7, 11) is 0. The molecular formula is C24H21BrO3. The molecule has 4 heteroatoms. The quantitative estimate of drug-likeness (QED) is 0.432. The number of hydrogen-bond donors (Lipinski definition) is 0. The number of halogens is 1. The Morgan fingerprint density at radius 1 is 0.857 bits per heavy atom. The smallest absolute Gasteiger partial charge is 0.129 e. The van der Waals surface area contributed by atoms with E-state index >= 15 is 0 Å². The molecule has 1 aliphatic carbocycles. The maximum absolute atomic E-state index is 6.16. The number of rotatable bonds is 1. The summed E-state index contributed by atoms with van der Waals surface area (Å²) in [6.07, 6.45) is 5.84. The van der Waals surface area contributed by atoms with Gasteiger partial charge in [-0.05, 0) is 54.0 Å². The Labute approximate surface area is 173 Å². The minimum atomic E-state index is 0.200. The number of allylic oxidation sites excluding steroid dienone is 2. The van der Waals surface area contributed by atoms with Crippen LogP contribution >= 0.6 is 15.9 Å². The lowest BCUT2D eigenvalue weighted by Gasteiger charge is -2.24. The molecule has 0 N–H and O–H groups in total. The van der Waals surface area contributed by atoms with E-state index in [-0.39, 0.29) is 11.8 Å². The number of fused-ring (bicyclic) bond motifs is 5. The zero-order chi connectivity index (χ0) is 18.9. The Morgan fingerprint density at radius 3 is 2.50 bits per heavy atom. The van der Waals surface area contributed by atoms with Crippen LogP contribution in [0.4, 0.5) is 0 Å². The van der Waals surface area contributed by atoms with Crippen molar-refractivity contribution in [3.63, 3.8) is 0 Å². The predicted molar refractivity (Wildman–Crippen MR) is 113 cm³/mol. The first-order chi connectivity index (χ1) is 13.8. The van der Waals surface area contributed by atoms with Crippen molar-refractivity contribution in [1.82, 2.24) is 0 Å². The molecule has 3 aromatic rings. The lowest BCUT2D eigenvalue weighted by molar-refractivity contribution is 0.246.